The Bertz CT molecular complexity index is 940. The van der Waals surface area contributed by atoms with Crippen LogP contribution in [0, 0.1) is 5.82 Å². The van der Waals surface area contributed by atoms with Gasteiger partial charge < -0.3 is 19.6 Å². The second-order valence-electron chi connectivity index (χ2n) is 8.46. The van der Waals surface area contributed by atoms with Crippen molar-refractivity contribution in [2.75, 3.05) is 37.7 Å². The van der Waals surface area contributed by atoms with Gasteiger partial charge in [-0.1, -0.05) is 36.8 Å². The van der Waals surface area contributed by atoms with Crippen molar-refractivity contribution in [3.8, 4) is 5.75 Å². The van der Waals surface area contributed by atoms with E-state index in [2.05, 4.69) is 34.9 Å². The van der Waals surface area contributed by atoms with Gasteiger partial charge in [-0.25, -0.2) is 9.37 Å². The number of hydrogen-bond acceptors (Lipinski definition) is 6. The Labute approximate surface area is 193 Å². The SMILES string of the molecule is CCCCN(c1nc2ccccc2s1)C1CCN(CC(O)COc2ccc(F)cc2)CC1. The highest BCUT2D eigenvalue weighted by molar-refractivity contribution is 7.22. The summed E-state index contributed by atoms with van der Waals surface area (Å²) in [6.45, 7) is 5.96. The molecule has 1 atom stereocenters. The van der Waals surface area contributed by atoms with Crippen LogP contribution < -0.4 is 9.64 Å². The molecule has 7 heteroatoms. The third-order valence-electron chi connectivity index (χ3n) is 6.00. The Balaban J connectivity index is 1.29. The minimum absolute atomic E-state index is 0.208. The van der Waals surface area contributed by atoms with Crippen LogP contribution in [0.2, 0.25) is 0 Å². The molecule has 1 saturated heterocycles. The number of halogens is 1. The Morgan fingerprint density at radius 3 is 2.66 bits per heavy atom. The molecule has 5 nitrogen and oxygen atoms in total. The van der Waals surface area contributed by atoms with Crippen LogP contribution in [0.25, 0.3) is 10.2 Å². The standard InChI is InChI=1S/C25H32FN3O2S/c1-2-3-14-29(25-27-23-6-4-5-7-24(23)32-25)20-12-15-28(16-13-20)17-21(30)18-31-22-10-8-19(26)9-11-22/h4-11,20-21,30H,2-3,12-18H2,1H3. The zero-order valence-corrected chi connectivity index (χ0v) is 19.4. The first kappa shape index (κ1) is 23.0. The van der Waals surface area contributed by atoms with Crippen LogP contribution in [0.3, 0.4) is 0 Å². The van der Waals surface area contributed by atoms with Gasteiger partial charge in [0, 0.05) is 32.2 Å². The molecule has 0 bridgehead atoms. The third kappa shape index (κ3) is 5.97. The van der Waals surface area contributed by atoms with E-state index in [1.807, 2.05) is 6.07 Å². The number of piperidine rings is 1. The van der Waals surface area contributed by atoms with E-state index in [4.69, 9.17) is 9.72 Å². The van der Waals surface area contributed by atoms with Gasteiger partial charge in [-0.05, 0) is 55.7 Å². The number of likely N-dealkylation sites (tertiary alicyclic amines) is 1. The van der Waals surface area contributed by atoms with Crippen molar-refractivity contribution < 1.29 is 14.2 Å². The molecule has 1 fully saturated rings. The number of ether oxygens (including phenoxy) is 1. The molecule has 1 N–H and O–H groups in total. The number of nitrogens with zero attached hydrogens (tertiary/aromatic N) is 3. The number of anilines is 1. The molecule has 1 aliphatic rings. The molecule has 3 aromatic rings. The highest BCUT2D eigenvalue weighted by Crippen LogP contribution is 2.32. The lowest BCUT2D eigenvalue weighted by Crippen LogP contribution is -2.47. The topological polar surface area (TPSA) is 48.8 Å². The van der Waals surface area contributed by atoms with E-state index in [9.17, 15) is 9.50 Å². The lowest BCUT2D eigenvalue weighted by atomic mass is 10.0. The molecule has 0 radical (unpaired) electrons. The van der Waals surface area contributed by atoms with Crippen molar-refractivity contribution >= 4 is 26.7 Å². The average Bonchev–Trinajstić information content (AvgIpc) is 3.24. The molecule has 172 valence electrons. The Kier molecular flexibility index (Phi) is 7.95. The van der Waals surface area contributed by atoms with Crippen molar-refractivity contribution in [3.63, 3.8) is 0 Å². The van der Waals surface area contributed by atoms with E-state index < -0.39 is 6.10 Å². The summed E-state index contributed by atoms with van der Waals surface area (Å²) in [5.74, 6) is 0.283. The molecule has 1 aromatic heterocycles. The number of aliphatic hydroxyl groups excluding tert-OH is 1. The summed E-state index contributed by atoms with van der Waals surface area (Å²) in [4.78, 5) is 9.74. The maximum Gasteiger partial charge on any atom is 0.186 e. The maximum absolute atomic E-state index is 13.0. The Hall–Kier alpha value is -2.22. The quantitative estimate of drug-likeness (QED) is 0.467. The summed E-state index contributed by atoms with van der Waals surface area (Å²) < 4.78 is 19.8. The number of fused-ring (bicyclic) bond motifs is 1. The van der Waals surface area contributed by atoms with Gasteiger partial charge in [-0.15, -0.1) is 0 Å². The van der Waals surface area contributed by atoms with E-state index in [0.29, 0.717) is 18.3 Å². The Morgan fingerprint density at radius 1 is 1.19 bits per heavy atom. The normalized spacial score (nSPS) is 16.3. The van der Waals surface area contributed by atoms with Gasteiger partial charge in [-0.3, -0.25) is 0 Å². The van der Waals surface area contributed by atoms with Crippen LogP contribution in [0.4, 0.5) is 9.52 Å². The molecular weight excluding hydrogens is 425 g/mol. The summed E-state index contributed by atoms with van der Waals surface area (Å²) in [6.07, 6.45) is 3.88. The molecule has 2 aromatic carbocycles. The van der Waals surface area contributed by atoms with Crippen LogP contribution in [-0.2, 0) is 0 Å². The van der Waals surface area contributed by atoms with Crippen LogP contribution in [0.15, 0.2) is 48.5 Å². The largest absolute Gasteiger partial charge is 0.491 e. The molecule has 0 aliphatic carbocycles. The predicted molar refractivity (Wildman–Crippen MR) is 129 cm³/mol. The number of rotatable bonds is 10. The van der Waals surface area contributed by atoms with Crippen molar-refractivity contribution in [1.29, 1.82) is 0 Å². The number of aromatic nitrogens is 1. The summed E-state index contributed by atoms with van der Waals surface area (Å²) in [5, 5.41) is 11.5. The van der Waals surface area contributed by atoms with Gasteiger partial charge in [0.2, 0.25) is 0 Å². The van der Waals surface area contributed by atoms with Crippen molar-refractivity contribution in [3.05, 3.63) is 54.3 Å². The number of para-hydroxylation sites is 1. The zero-order chi connectivity index (χ0) is 22.3. The summed E-state index contributed by atoms with van der Waals surface area (Å²) in [5.41, 5.74) is 1.08. The fourth-order valence-electron chi connectivity index (χ4n) is 4.23. The molecule has 1 unspecified atom stereocenters. The minimum atomic E-state index is -0.572. The number of thiazole rings is 1. The number of hydrogen-bond donors (Lipinski definition) is 1. The van der Waals surface area contributed by atoms with Crippen LogP contribution in [0.5, 0.6) is 5.75 Å². The first-order valence-electron chi connectivity index (χ1n) is 11.5. The van der Waals surface area contributed by atoms with Gasteiger partial charge >= 0.3 is 0 Å². The van der Waals surface area contributed by atoms with Crippen LogP contribution in [0.1, 0.15) is 32.6 Å². The fourth-order valence-corrected chi connectivity index (χ4v) is 5.30. The molecule has 0 saturated carbocycles. The first-order chi connectivity index (χ1) is 15.6. The number of unbranched alkanes of at least 4 members (excludes halogenated alkanes) is 1. The second kappa shape index (κ2) is 11.1. The van der Waals surface area contributed by atoms with Gasteiger partial charge in [0.25, 0.3) is 0 Å². The lowest BCUT2D eigenvalue weighted by Gasteiger charge is -2.39. The Morgan fingerprint density at radius 2 is 1.94 bits per heavy atom. The number of benzene rings is 2. The first-order valence-corrected chi connectivity index (χ1v) is 12.3. The molecular formula is C25H32FN3O2S. The number of aliphatic hydroxyl groups is 1. The molecule has 32 heavy (non-hydrogen) atoms. The predicted octanol–water partition coefficient (Wildman–Crippen LogP) is 4.95. The van der Waals surface area contributed by atoms with E-state index in [1.54, 1.807) is 23.5 Å². The second-order valence-corrected chi connectivity index (χ2v) is 9.47. The third-order valence-corrected chi connectivity index (χ3v) is 7.08. The van der Waals surface area contributed by atoms with Crippen LogP contribution in [-0.4, -0.2) is 59.9 Å². The van der Waals surface area contributed by atoms with E-state index in [0.717, 1.165) is 49.5 Å². The van der Waals surface area contributed by atoms with Gasteiger partial charge in [-0.2, -0.15) is 0 Å². The smallest absolute Gasteiger partial charge is 0.186 e. The molecule has 0 amide bonds. The summed E-state index contributed by atoms with van der Waals surface area (Å²) >= 11 is 1.79. The van der Waals surface area contributed by atoms with E-state index >= 15 is 0 Å². The highest BCUT2D eigenvalue weighted by Gasteiger charge is 2.27. The lowest BCUT2D eigenvalue weighted by molar-refractivity contribution is 0.0592. The molecule has 1 aliphatic heterocycles. The van der Waals surface area contributed by atoms with Gasteiger partial charge in [0.15, 0.2) is 5.13 Å². The summed E-state index contributed by atoms with van der Waals surface area (Å²) in [7, 11) is 0. The van der Waals surface area contributed by atoms with Gasteiger partial charge in [0.1, 0.15) is 24.3 Å². The van der Waals surface area contributed by atoms with Crippen molar-refractivity contribution in [1.82, 2.24) is 9.88 Å². The maximum atomic E-state index is 13.0. The molecule has 4 rings (SSSR count). The fraction of sp³-hybridized carbons (Fsp3) is 0.480. The monoisotopic (exact) mass is 457 g/mol. The summed E-state index contributed by atoms with van der Waals surface area (Å²) in [6, 6.07) is 14.7. The zero-order valence-electron chi connectivity index (χ0n) is 18.6. The average molecular weight is 458 g/mol. The van der Waals surface area contributed by atoms with Crippen molar-refractivity contribution in [2.24, 2.45) is 0 Å². The molecule has 2 heterocycles. The van der Waals surface area contributed by atoms with E-state index in [1.165, 1.54) is 23.3 Å². The van der Waals surface area contributed by atoms with Crippen LogP contribution >= 0.6 is 11.3 Å². The number of β-amino-alcohol motifs (C(OH)–C–C–N with tert-alkyl or cyclic N) is 1. The molecule has 0 spiro atoms. The minimum Gasteiger partial charge on any atom is -0.491 e. The van der Waals surface area contributed by atoms with Crippen molar-refractivity contribution in [2.45, 2.75) is 44.8 Å². The highest BCUT2D eigenvalue weighted by atomic mass is 32.1. The van der Waals surface area contributed by atoms with E-state index in [-0.39, 0.29) is 12.4 Å². The van der Waals surface area contributed by atoms with Gasteiger partial charge in [0.05, 0.1) is 10.2 Å².